The summed E-state index contributed by atoms with van der Waals surface area (Å²) in [5, 5.41) is 0. The van der Waals surface area contributed by atoms with Gasteiger partial charge in [-0.05, 0) is 30.0 Å². The van der Waals surface area contributed by atoms with E-state index in [2.05, 4.69) is 4.98 Å². The van der Waals surface area contributed by atoms with Crippen LogP contribution in [0.3, 0.4) is 0 Å². The van der Waals surface area contributed by atoms with Crippen molar-refractivity contribution in [3.8, 4) is 0 Å². The number of aromatic nitrogens is 1. The highest BCUT2D eigenvalue weighted by molar-refractivity contribution is 5.86. The molecule has 2 aromatic rings. The summed E-state index contributed by atoms with van der Waals surface area (Å²) in [5.41, 5.74) is 0.732. The second-order valence-corrected chi connectivity index (χ2v) is 5.54. The minimum Gasteiger partial charge on any atom is -0.299 e. The fraction of sp³-hybridized carbons (Fsp3) is 0.294. The molecule has 3 rings (SSSR count). The van der Waals surface area contributed by atoms with Crippen LogP contribution in [0.25, 0.3) is 0 Å². The first-order valence-electron chi connectivity index (χ1n) is 7.05. The number of rotatable bonds is 4. The lowest BCUT2D eigenvalue weighted by atomic mass is 10.0. The molecule has 114 valence electrons. The molecule has 2 nitrogen and oxygen atoms in total. The molecule has 1 heterocycles. The molecule has 0 amide bonds. The van der Waals surface area contributed by atoms with Gasteiger partial charge in [-0.3, -0.25) is 9.78 Å². The van der Waals surface area contributed by atoms with Crippen LogP contribution < -0.4 is 0 Å². The Bertz CT molecular complexity index is 665. The van der Waals surface area contributed by atoms with Gasteiger partial charge < -0.3 is 0 Å². The lowest BCUT2D eigenvalue weighted by Gasteiger charge is -2.06. The van der Waals surface area contributed by atoms with Crippen molar-refractivity contribution < 1.29 is 18.0 Å². The van der Waals surface area contributed by atoms with Gasteiger partial charge in [0.15, 0.2) is 0 Å². The van der Waals surface area contributed by atoms with Crippen molar-refractivity contribution in [3.05, 3.63) is 65.5 Å². The van der Waals surface area contributed by atoms with Crippen molar-refractivity contribution in [3.63, 3.8) is 0 Å². The van der Waals surface area contributed by atoms with Crippen molar-refractivity contribution in [1.29, 1.82) is 0 Å². The number of carbonyl (C=O) groups excluding carboxylic acids is 1. The molecule has 22 heavy (non-hydrogen) atoms. The number of carbonyl (C=O) groups is 1. The summed E-state index contributed by atoms with van der Waals surface area (Å²) < 4.78 is 37.4. The summed E-state index contributed by atoms with van der Waals surface area (Å²) in [7, 11) is 0. The zero-order chi connectivity index (χ0) is 15.7. The number of ketones is 1. The summed E-state index contributed by atoms with van der Waals surface area (Å²) in [4.78, 5) is 15.9. The standard InChI is InChI=1S/C17H14F3NO/c18-17(19,20)12-6-7-13(21-10-12)8-16(22)15-9-14(15)11-4-2-1-3-5-11/h1-7,10,14-15H,8-9H2/t14-,15+/m0/s1. The predicted molar refractivity (Wildman–Crippen MR) is 75.2 cm³/mol. The minimum atomic E-state index is -4.40. The van der Waals surface area contributed by atoms with E-state index in [4.69, 9.17) is 0 Å². The average Bonchev–Trinajstić information content (AvgIpc) is 3.28. The van der Waals surface area contributed by atoms with Crippen molar-refractivity contribution in [1.82, 2.24) is 4.98 Å². The maximum Gasteiger partial charge on any atom is 0.417 e. The molecule has 0 radical (unpaired) electrons. The number of Topliss-reactive ketones (excluding diaryl/α,β-unsaturated/α-hetero) is 1. The lowest BCUT2D eigenvalue weighted by Crippen LogP contribution is -2.10. The van der Waals surface area contributed by atoms with E-state index in [1.165, 1.54) is 6.07 Å². The number of halogens is 3. The van der Waals surface area contributed by atoms with E-state index in [-0.39, 0.29) is 24.0 Å². The molecule has 0 bridgehead atoms. The number of pyridine rings is 1. The molecule has 0 aliphatic heterocycles. The molecular formula is C17H14F3NO. The summed E-state index contributed by atoms with van der Waals surface area (Å²) in [6.07, 6.45) is -2.72. The molecule has 0 spiro atoms. The molecule has 0 saturated heterocycles. The van der Waals surface area contributed by atoms with Gasteiger partial charge in [-0.2, -0.15) is 13.2 Å². The summed E-state index contributed by atoms with van der Waals surface area (Å²) in [6, 6.07) is 12.0. The van der Waals surface area contributed by atoms with Crippen LogP contribution >= 0.6 is 0 Å². The second-order valence-electron chi connectivity index (χ2n) is 5.54. The summed E-state index contributed by atoms with van der Waals surface area (Å²) in [5.74, 6) is 0.246. The van der Waals surface area contributed by atoms with E-state index in [1.807, 2.05) is 30.3 Å². The largest absolute Gasteiger partial charge is 0.417 e. The highest BCUT2D eigenvalue weighted by atomic mass is 19.4. The number of alkyl halides is 3. The Morgan fingerprint density at radius 1 is 1.14 bits per heavy atom. The van der Waals surface area contributed by atoms with Gasteiger partial charge in [0.25, 0.3) is 0 Å². The van der Waals surface area contributed by atoms with Crippen LogP contribution in [0, 0.1) is 5.92 Å². The topological polar surface area (TPSA) is 30.0 Å². The normalized spacial score (nSPS) is 20.7. The van der Waals surface area contributed by atoms with Crippen LogP contribution in [0.5, 0.6) is 0 Å². The van der Waals surface area contributed by atoms with E-state index < -0.39 is 11.7 Å². The first-order chi connectivity index (χ1) is 10.4. The monoisotopic (exact) mass is 305 g/mol. The molecule has 0 unspecified atom stereocenters. The third-order valence-corrected chi connectivity index (χ3v) is 3.94. The summed E-state index contributed by atoms with van der Waals surface area (Å²) in [6.45, 7) is 0. The molecule has 1 aliphatic rings. The van der Waals surface area contributed by atoms with Crippen molar-refractivity contribution >= 4 is 5.78 Å². The Hall–Kier alpha value is -2.17. The van der Waals surface area contributed by atoms with Gasteiger partial charge in [0.1, 0.15) is 5.78 Å². The molecular weight excluding hydrogens is 291 g/mol. The Balaban J connectivity index is 1.61. The smallest absolute Gasteiger partial charge is 0.299 e. The molecule has 1 fully saturated rings. The zero-order valence-electron chi connectivity index (χ0n) is 11.7. The fourth-order valence-corrected chi connectivity index (χ4v) is 2.63. The molecule has 2 atom stereocenters. The lowest BCUT2D eigenvalue weighted by molar-refractivity contribution is -0.137. The van der Waals surface area contributed by atoms with Crippen LogP contribution in [-0.2, 0) is 17.4 Å². The second kappa shape index (κ2) is 5.55. The van der Waals surface area contributed by atoms with E-state index in [9.17, 15) is 18.0 Å². The predicted octanol–water partition coefficient (Wildman–Crippen LogP) is 4.02. The van der Waals surface area contributed by atoms with Gasteiger partial charge in [0, 0.05) is 24.2 Å². The fourth-order valence-electron chi connectivity index (χ4n) is 2.63. The van der Waals surface area contributed by atoms with E-state index >= 15 is 0 Å². The molecule has 1 aliphatic carbocycles. The minimum absolute atomic E-state index is 0.0357. The van der Waals surface area contributed by atoms with Crippen LogP contribution in [0.4, 0.5) is 13.2 Å². The number of nitrogens with zero attached hydrogens (tertiary/aromatic N) is 1. The van der Waals surface area contributed by atoms with Crippen LogP contribution in [0.2, 0.25) is 0 Å². The molecule has 0 N–H and O–H groups in total. The molecule has 1 aromatic carbocycles. The van der Waals surface area contributed by atoms with E-state index in [0.29, 0.717) is 5.69 Å². The Kier molecular flexibility index (Phi) is 3.72. The summed E-state index contributed by atoms with van der Waals surface area (Å²) >= 11 is 0. The Morgan fingerprint density at radius 2 is 1.86 bits per heavy atom. The number of hydrogen-bond acceptors (Lipinski definition) is 2. The Morgan fingerprint density at radius 3 is 2.45 bits per heavy atom. The number of hydrogen-bond donors (Lipinski definition) is 0. The SMILES string of the molecule is O=C(Cc1ccc(C(F)(F)F)cn1)[C@@H]1C[C@H]1c1ccccc1. The van der Waals surface area contributed by atoms with Gasteiger partial charge in [0.2, 0.25) is 0 Å². The van der Waals surface area contributed by atoms with Crippen molar-refractivity contribution in [2.45, 2.75) is 24.9 Å². The third kappa shape index (κ3) is 3.18. The van der Waals surface area contributed by atoms with Crippen LogP contribution in [0.15, 0.2) is 48.7 Å². The maximum absolute atomic E-state index is 12.5. The van der Waals surface area contributed by atoms with Gasteiger partial charge in [0.05, 0.1) is 5.56 Å². The van der Waals surface area contributed by atoms with Crippen LogP contribution in [0.1, 0.15) is 29.2 Å². The van der Waals surface area contributed by atoms with Crippen LogP contribution in [-0.4, -0.2) is 10.8 Å². The van der Waals surface area contributed by atoms with E-state index in [1.54, 1.807) is 0 Å². The maximum atomic E-state index is 12.5. The van der Waals surface area contributed by atoms with Gasteiger partial charge in [-0.1, -0.05) is 30.3 Å². The quantitative estimate of drug-likeness (QED) is 0.854. The average molecular weight is 305 g/mol. The highest BCUT2D eigenvalue weighted by Gasteiger charge is 2.43. The van der Waals surface area contributed by atoms with E-state index in [0.717, 1.165) is 24.2 Å². The molecule has 5 heteroatoms. The van der Waals surface area contributed by atoms with Gasteiger partial charge in [-0.15, -0.1) is 0 Å². The third-order valence-electron chi connectivity index (χ3n) is 3.94. The zero-order valence-corrected chi connectivity index (χ0v) is 11.7. The van der Waals surface area contributed by atoms with Crippen molar-refractivity contribution in [2.75, 3.05) is 0 Å². The van der Waals surface area contributed by atoms with Crippen molar-refractivity contribution in [2.24, 2.45) is 5.92 Å². The van der Waals surface area contributed by atoms with Gasteiger partial charge in [-0.25, -0.2) is 0 Å². The Labute approximate surface area is 126 Å². The molecule has 1 saturated carbocycles. The number of benzene rings is 1. The molecule has 1 aromatic heterocycles. The van der Waals surface area contributed by atoms with Gasteiger partial charge >= 0.3 is 6.18 Å². The first-order valence-corrected chi connectivity index (χ1v) is 7.05. The highest BCUT2D eigenvalue weighted by Crippen LogP contribution is 2.48. The first kappa shape index (κ1) is 14.8.